The molecule has 0 aliphatic heterocycles. The van der Waals surface area contributed by atoms with Crippen LogP contribution >= 0.6 is 0 Å². The molecule has 0 bridgehead atoms. The minimum atomic E-state index is 0.0978. The number of unbranched alkanes of at least 4 members (excludes halogenated alkanes) is 5. The van der Waals surface area contributed by atoms with Crippen molar-refractivity contribution in [3.05, 3.63) is 29.8 Å². The second-order valence-electron chi connectivity index (χ2n) is 5.39. The smallest absolute Gasteiger partial charge is 0.161 e. The van der Waals surface area contributed by atoms with Crippen LogP contribution in [0.2, 0.25) is 0 Å². The first kappa shape index (κ1) is 18.2. The predicted molar refractivity (Wildman–Crippen MR) is 90.1 cm³/mol. The van der Waals surface area contributed by atoms with Gasteiger partial charge < -0.3 is 15.6 Å². The van der Waals surface area contributed by atoms with Crippen molar-refractivity contribution in [3.8, 4) is 11.5 Å². The third-order valence-corrected chi connectivity index (χ3v) is 3.54. The van der Waals surface area contributed by atoms with Crippen molar-refractivity contribution in [2.45, 2.75) is 44.9 Å². The molecule has 0 atom stereocenters. The van der Waals surface area contributed by atoms with Gasteiger partial charge in [-0.2, -0.15) is 0 Å². The highest BCUT2D eigenvalue weighted by molar-refractivity contribution is 5.93. The number of methoxy groups -OCH3 is 1. The highest BCUT2D eigenvalue weighted by Gasteiger charge is 2.01. The number of phenols is 1. The number of allylic oxidation sites excluding steroid dienone is 1. The number of hydrogen-bond acceptors (Lipinski definition) is 4. The zero-order valence-corrected chi connectivity index (χ0v) is 13.4. The second-order valence-corrected chi connectivity index (χ2v) is 5.39. The Balaban J connectivity index is 2.27. The van der Waals surface area contributed by atoms with Crippen LogP contribution in [-0.4, -0.2) is 24.5 Å². The summed E-state index contributed by atoms with van der Waals surface area (Å²) >= 11 is 0. The monoisotopic (exact) mass is 305 g/mol. The zero-order chi connectivity index (χ0) is 16.2. The van der Waals surface area contributed by atoms with E-state index in [0.717, 1.165) is 31.4 Å². The van der Waals surface area contributed by atoms with E-state index in [4.69, 9.17) is 10.5 Å². The predicted octanol–water partition coefficient (Wildman–Crippen LogP) is 3.67. The highest BCUT2D eigenvalue weighted by atomic mass is 16.5. The maximum Gasteiger partial charge on any atom is 0.161 e. The number of carbonyl (C=O) groups excluding carboxylic acids is 1. The number of aromatic hydroxyl groups is 1. The van der Waals surface area contributed by atoms with E-state index in [1.165, 1.54) is 26.4 Å². The molecule has 122 valence electrons. The molecule has 0 amide bonds. The number of hydrogen-bond donors (Lipinski definition) is 2. The lowest BCUT2D eigenvalue weighted by Crippen LogP contribution is -1.97. The van der Waals surface area contributed by atoms with Crippen molar-refractivity contribution in [1.29, 1.82) is 0 Å². The number of nitrogens with two attached hydrogens (primary N) is 1. The zero-order valence-electron chi connectivity index (χ0n) is 13.4. The molecule has 3 N–H and O–H groups in total. The summed E-state index contributed by atoms with van der Waals surface area (Å²) in [6.07, 6.45) is 10.6. The Bertz CT molecular complexity index is 483. The first-order chi connectivity index (χ1) is 10.7. The molecule has 1 aromatic rings. The molecule has 4 nitrogen and oxygen atoms in total. The Kier molecular flexibility index (Phi) is 9.00. The molecule has 0 aliphatic carbocycles. The quantitative estimate of drug-likeness (QED) is 0.483. The van der Waals surface area contributed by atoms with Crippen molar-refractivity contribution >= 4 is 11.9 Å². The molecule has 0 heterocycles. The molecular formula is C18H27NO3. The molecule has 0 unspecified atom stereocenters. The van der Waals surface area contributed by atoms with Crippen LogP contribution in [0, 0.1) is 0 Å². The van der Waals surface area contributed by atoms with Gasteiger partial charge in [0.1, 0.15) is 0 Å². The molecule has 0 aliphatic rings. The fourth-order valence-corrected chi connectivity index (χ4v) is 2.22. The van der Waals surface area contributed by atoms with E-state index < -0.39 is 0 Å². The summed E-state index contributed by atoms with van der Waals surface area (Å²) in [5, 5.41) is 9.51. The Morgan fingerprint density at radius 2 is 1.86 bits per heavy atom. The molecule has 0 spiro atoms. The Labute approximate surface area is 133 Å². The SMILES string of the molecule is COc1cc(/C=C/C(=O)CCCCCCCCN)ccc1O. The summed E-state index contributed by atoms with van der Waals surface area (Å²) < 4.78 is 5.04. The fraction of sp³-hybridized carbons (Fsp3) is 0.500. The molecule has 0 saturated carbocycles. The molecule has 1 aromatic carbocycles. The summed E-state index contributed by atoms with van der Waals surface area (Å²) in [7, 11) is 1.50. The third kappa shape index (κ3) is 7.27. The van der Waals surface area contributed by atoms with E-state index in [1.54, 1.807) is 30.4 Å². The number of benzene rings is 1. The molecule has 4 heteroatoms. The van der Waals surface area contributed by atoms with Crippen LogP contribution in [0.1, 0.15) is 50.5 Å². The average Bonchev–Trinajstić information content (AvgIpc) is 2.53. The van der Waals surface area contributed by atoms with Crippen molar-refractivity contribution < 1.29 is 14.6 Å². The van der Waals surface area contributed by atoms with Crippen LogP contribution in [0.5, 0.6) is 11.5 Å². The minimum absolute atomic E-state index is 0.0978. The van der Waals surface area contributed by atoms with Crippen LogP contribution in [-0.2, 0) is 4.79 Å². The van der Waals surface area contributed by atoms with E-state index in [0.29, 0.717) is 12.2 Å². The molecule has 0 fully saturated rings. The van der Waals surface area contributed by atoms with Gasteiger partial charge in [0.05, 0.1) is 7.11 Å². The number of rotatable bonds is 11. The van der Waals surface area contributed by atoms with Gasteiger partial charge in [-0.05, 0) is 43.2 Å². The van der Waals surface area contributed by atoms with Crippen molar-refractivity contribution in [2.24, 2.45) is 5.73 Å². The summed E-state index contributed by atoms with van der Waals surface area (Å²) in [4.78, 5) is 11.8. The van der Waals surface area contributed by atoms with Gasteiger partial charge in [0, 0.05) is 6.42 Å². The summed E-state index contributed by atoms with van der Waals surface area (Å²) in [5.41, 5.74) is 6.28. The van der Waals surface area contributed by atoms with Gasteiger partial charge in [-0.1, -0.05) is 37.8 Å². The first-order valence-electron chi connectivity index (χ1n) is 7.95. The van der Waals surface area contributed by atoms with Gasteiger partial charge in [-0.3, -0.25) is 4.79 Å². The second kappa shape index (κ2) is 10.9. The van der Waals surface area contributed by atoms with Crippen LogP contribution in [0.25, 0.3) is 6.08 Å². The molecule has 0 radical (unpaired) electrons. The summed E-state index contributed by atoms with van der Waals surface area (Å²) in [6, 6.07) is 5.01. The molecule has 0 saturated heterocycles. The molecule has 22 heavy (non-hydrogen) atoms. The lowest BCUT2D eigenvalue weighted by molar-refractivity contribution is -0.114. The van der Waals surface area contributed by atoms with Crippen molar-refractivity contribution in [1.82, 2.24) is 0 Å². The maximum atomic E-state index is 11.8. The lowest BCUT2D eigenvalue weighted by Gasteiger charge is -2.03. The Hall–Kier alpha value is -1.81. The first-order valence-corrected chi connectivity index (χ1v) is 7.95. The largest absolute Gasteiger partial charge is 0.504 e. The van der Waals surface area contributed by atoms with Crippen LogP contribution in [0.15, 0.2) is 24.3 Å². The average molecular weight is 305 g/mol. The van der Waals surface area contributed by atoms with Gasteiger partial charge in [0.2, 0.25) is 0 Å². The Morgan fingerprint density at radius 3 is 2.55 bits per heavy atom. The van der Waals surface area contributed by atoms with Crippen molar-refractivity contribution in [2.75, 3.05) is 13.7 Å². The normalized spacial score (nSPS) is 11.0. The van der Waals surface area contributed by atoms with E-state index in [-0.39, 0.29) is 11.5 Å². The van der Waals surface area contributed by atoms with Gasteiger partial charge in [0.15, 0.2) is 17.3 Å². The number of phenolic OH excluding ortho intramolecular Hbond substituents is 1. The molecule has 1 rings (SSSR count). The number of carbonyl (C=O) groups is 1. The molecular weight excluding hydrogens is 278 g/mol. The van der Waals surface area contributed by atoms with Gasteiger partial charge in [-0.15, -0.1) is 0 Å². The highest BCUT2D eigenvalue weighted by Crippen LogP contribution is 2.26. The number of ketones is 1. The van der Waals surface area contributed by atoms with Crippen LogP contribution in [0.4, 0.5) is 0 Å². The van der Waals surface area contributed by atoms with Crippen LogP contribution in [0.3, 0.4) is 0 Å². The molecule has 0 aromatic heterocycles. The topological polar surface area (TPSA) is 72.5 Å². The van der Waals surface area contributed by atoms with Gasteiger partial charge in [-0.25, -0.2) is 0 Å². The minimum Gasteiger partial charge on any atom is -0.504 e. The fourth-order valence-electron chi connectivity index (χ4n) is 2.22. The van der Waals surface area contributed by atoms with Gasteiger partial charge in [0.25, 0.3) is 0 Å². The van der Waals surface area contributed by atoms with Gasteiger partial charge >= 0.3 is 0 Å². The van der Waals surface area contributed by atoms with E-state index in [9.17, 15) is 9.90 Å². The summed E-state index contributed by atoms with van der Waals surface area (Å²) in [5.74, 6) is 0.640. The number of ether oxygens (including phenoxy) is 1. The third-order valence-electron chi connectivity index (χ3n) is 3.54. The van der Waals surface area contributed by atoms with Crippen LogP contribution < -0.4 is 10.5 Å². The lowest BCUT2D eigenvalue weighted by atomic mass is 10.1. The van der Waals surface area contributed by atoms with E-state index >= 15 is 0 Å². The van der Waals surface area contributed by atoms with Crippen molar-refractivity contribution in [3.63, 3.8) is 0 Å². The van der Waals surface area contributed by atoms with E-state index in [1.807, 2.05) is 0 Å². The Morgan fingerprint density at radius 1 is 1.18 bits per heavy atom. The van der Waals surface area contributed by atoms with E-state index in [2.05, 4.69) is 0 Å². The standard InChI is InChI=1S/C18H27NO3/c1-22-18-14-15(10-12-17(18)21)9-11-16(20)8-6-4-2-3-5-7-13-19/h9-12,14,21H,2-8,13,19H2,1H3/b11-9+. The summed E-state index contributed by atoms with van der Waals surface area (Å²) in [6.45, 7) is 0.769. The maximum absolute atomic E-state index is 11.8.